The Hall–Kier alpha value is -2.57. The molecule has 3 amide bonds. The molecule has 2 saturated heterocycles. The Morgan fingerprint density at radius 3 is 2.36 bits per heavy atom. The van der Waals surface area contributed by atoms with E-state index in [0.717, 1.165) is 5.69 Å². The highest BCUT2D eigenvalue weighted by Gasteiger charge is 2.54. The molecule has 2 aliphatic heterocycles. The minimum absolute atomic E-state index is 0.0149. The molecular formula is C21H30N4O3. The summed E-state index contributed by atoms with van der Waals surface area (Å²) in [5.74, 6) is -0.0365. The van der Waals surface area contributed by atoms with Crippen molar-refractivity contribution in [2.45, 2.75) is 51.6 Å². The minimum atomic E-state index is -0.690. The molecule has 7 heteroatoms. The first-order valence-corrected chi connectivity index (χ1v) is 10.1. The number of carbonyl (C=O) groups is 3. The summed E-state index contributed by atoms with van der Waals surface area (Å²) < 4.78 is 0. The normalized spacial score (nSPS) is 18.9. The van der Waals surface area contributed by atoms with Gasteiger partial charge in [-0.25, -0.2) is 0 Å². The van der Waals surface area contributed by atoms with Crippen molar-refractivity contribution in [3.05, 3.63) is 30.3 Å². The Labute approximate surface area is 166 Å². The van der Waals surface area contributed by atoms with Crippen LogP contribution in [0.25, 0.3) is 0 Å². The summed E-state index contributed by atoms with van der Waals surface area (Å²) in [5.41, 5.74) is 0.280. The van der Waals surface area contributed by atoms with Crippen LogP contribution < -0.4 is 10.2 Å². The molecule has 0 unspecified atom stereocenters. The molecule has 0 saturated carbocycles. The number of hydrogen-bond donors (Lipinski definition) is 1. The van der Waals surface area contributed by atoms with Crippen molar-refractivity contribution in [2.75, 3.05) is 31.2 Å². The minimum Gasteiger partial charge on any atom is -0.352 e. The zero-order valence-electron chi connectivity index (χ0n) is 17.0. The molecule has 0 aliphatic carbocycles. The summed E-state index contributed by atoms with van der Waals surface area (Å²) in [7, 11) is 0. The van der Waals surface area contributed by atoms with Crippen LogP contribution in [0.2, 0.25) is 0 Å². The maximum atomic E-state index is 13.4. The molecule has 2 aliphatic rings. The molecule has 7 nitrogen and oxygen atoms in total. The first-order valence-electron chi connectivity index (χ1n) is 10.1. The van der Waals surface area contributed by atoms with Gasteiger partial charge in [-0.2, -0.15) is 0 Å². The average Bonchev–Trinajstić information content (AvgIpc) is 2.94. The number of hydrogen-bond acceptors (Lipinski definition) is 4. The maximum absolute atomic E-state index is 13.4. The zero-order chi connectivity index (χ0) is 20.3. The Morgan fingerprint density at radius 1 is 1.14 bits per heavy atom. The number of carbonyl (C=O) groups excluding carboxylic acids is 3. The number of rotatable bonds is 5. The van der Waals surface area contributed by atoms with E-state index in [1.54, 1.807) is 4.90 Å². The predicted octanol–water partition coefficient (Wildman–Crippen LogP) is 1.59. The van der Waals surface area contributed by atoms with E-state index < -0.39 is 5.54 Å². The molecule has 2 fully saturated rings. The monoisotopic (exact) mass is 386 g/mol. The van der Waals surface area contributed by atoms with E-state index in [0.29, 0.717) is 39.0 Å². The number of anilines is 1. The molecule has 152 valence electrons. The van der Waals surface area contributed by atoms with Gasteiger partial charge in [0.1, 0.15) is 12.1 Å². The summed E-state index contributed by atoms with van der Waals surface area (Å²) in [6.07, 6.45) is 1.63. The summed E-state index contributed by atoms with van der Waals surface area (Å²) in [4.78, 5) is 43.4. The van der Waals surface area contributed by atoms with Gasteiger partial charge in [0.25, 0.3) is 5.91 Å². The number of piperidine rings is 1. The fraction of sp³-hybridized carbons (Fsp3) is 0.571. The van der Waals surface area contributed by atoms with Crippen molar-refractivity contribution in [2.24, 2.45) is 0 Å². The highest BCUT2D eigenvalue weighted by atomic mass is 16.2. The third-order valence-corrected chi connectivity index (χ3v) is 5.61. The molecule has 0 radical (unpaired) electrons. The van der Waals surface area contributed by atoms with Crippen molar-refractivity contribution < 1.29 is 14.4 Å². The predicted molar refractivity (Wildman–Crippen MR) is 108 cm³/mol. The Bertz CT molecular complexity index is 726. The van der Waals surface area contributed by atoms with Crippen LogP contribution in [-0.4, -0.2) is 65.4 Å². The van der Waals surface area contributed by atoms with Crippen LogP contribution >= 0.6 is 0 Å². The van der Waals surface area contributed by atoms with Gasteiger partial charge in [-0.05, 0) is 38.8 Å². The van der Waals surface area contributed by atoms with Gasteiger partial charge < -0.3 is 20.0 Å². The molecule has 1 aromatic carbocycles. The number of benzene rings is 1. The highest BCUT2D eigenvalue weighted by molar-refractivity contribution is 5.96. The zero-order valence-corrected chi connectivity index (χ0v) is 17.0. The smallest absolute Gasteiger partial charge is 0.250 e. The van der Waals surface area contributed by atoms with E-state index in [-0.39, 0.29) is 30.3 Å². The van der Waals surface area contributed by atoms with Crippen molar-refractivity contribution >= 4 is 23.4 Å². The molecule has 0 bridgehead atoms. The first kappa shape index (κ1) is 20.2. The lowest BCUT2D eigenvalue weighted by molar-refractivity contribution is -0.139. The van der Waals surface area contributed by atoms with Gasteiger partial charge in [-0.3, -0.25) is 14.4 Å². The number of likely N-dealkylation sites (tertiary alicyclic amines) is 1. The van der Waals surface area contributed by atoms with Crippen LogP contribution in [0.3, 0.4) is 0 Å². The van der Waals surface area contributed by atoms with Crippen LogP contribution in [0.1, 0.15) is 40.0 Å². The highest BCUT2D eigenvalue weighted by Crippen LogP contribution is 2.39. The van der Waals surface area contributed by atoms with Crippen molar-refractivity contribution in [1.29, 1.82) is 0 Å². The fourth-order valence-corrected chi connectivity index (χ4v) is 4.21. The Balaban J connectivity index is 1.84. The standard InChI is InChI=1S/C21H30N4O3/c1-4-19(27)23-12-10-21(11-13-23)20(28)24(14-18(26)22-16(2)3)15-25(21)17-8-6-5-7-9-17/h5-9,16H,4,10-15H2,1-3H3,(H,22,26). The van der Waals surface area contributed by atoms with Gasteiger partial charge in [0, 0.05) is 31.2 Å². The van der Waals surface area contributed by atoms with E-state index >= 15 is 0 Å². The third kappa shape index (κ3) is 3.84. The average molecular weight is 386 g/mol. The second-order valence-electron chi connectivity index (χ2n) is 7.90. The van der Waals surface area contributed by atoms with Gasteiger partial charge >= 0.3 is 0 Å². The maximum Gasteiger partial charge on any atom is 0.250 e. The van der Waals surface area contributed by atoms with Crippen molar-refractivity contribution in [3.63, 3.8) is 0 Å². The molecule has 3 rings (SSSR count). The van der Waals surface area contributed by atoms with E-state index in [4.69, 9.17) is 0 Å². The lowest BCUT2D eigenvalue weighted by atomic mass is 9.85. The van der Waals surface area contributed by atoms with E-state index in [9.17, 15) is 14.4 Å². The Morgan fingerprint density at radius 2 is 1.79 bits per heavy atom. The largest absolute Gasteiger partial charge is 0.352 e. The molecule has 2 heterocycles. The van der Waals surface area contributed by atoms with E-state index in [2.05, 4.69) is 10.2 Å². The molecular weight excluding hydrogens is 356 g/mol. The van der Waals surface area contributed by atoms with Crippen LogP contribution in [0.5, 0.6) is 0 Å². The SMILES string of the molecule is CCC(=O)N1CCC2(CC1)C(=O)N(CC(=O)NC(C)C)CN2c1ccccc1. The second kappa shape index (κ2) is 8.20. The van der Waals surface area contributed by atoms with Gasteiger partial charge in [0.2, 0.25) is 11.8 Å². The fourth-order valence-electron chi connectivity index (χ4n) is 4.21. The molecule has 0 aromatic heterocycles. The van der Waals surface area contributed by atoms with Crippen molar-refractivity contribution in [1.82, 2.24) is 15.1 Å². The van der Waals surface area contributed by atoms with Gasteiger partial charge in [0.15, 0.2) is 0 Å². The second-order valence-corrected chi connectivity index (χ2v) is 7.90. The number of amides is 3. The lowest BCUT2D eigenvalue weighted by Crippen LogP contribution is -2.57. The van der Waals surface area contributed by atoms with Crippen LogP contribution in [0.4, 0.5) is 5.69 Å². The summed E-state index contributed by atoms with van der Waals surface area (Å²) in [5, 5.41) is 2.86. The molecule has 0 atom stereocenters. The number of nitrogens with one attached hydrogen (secondary N) is 1. The molecule has 28 heavy (non-hydrogen) atoms. The topological polar surface area (TPSA) is 73.0 Å². The van der Waals surface area contributed by atoms with E-state index in [1.165, 1.54) is 0 Å². The van der Waals surface area contributed by atoms with Crippen LogP contribution in [-0.2, 0) is 14.4 Å². The van der Waals surface area contributed by atoms with E-state index in [1.807, 2.05) is 56.0 Å². The Kier molecular flexibility index (Phi) is 5.91. The lowest BCUT2D eigenvalue weighted by Gasteiger charge is -2.43. The van der Waals surface area contributed by atoms with Gasteiger partial charge in [0.05, 0.1) is 6.67 Å². The summed E-state index contributed by atoms with van der Waals surface area (Å²) >= 11 is 0. The van der Waals surface area contributed by atoms with Crippen LogP contribution in [0, 0.1) is 0 Å². The summed E-state index contributed by atoms with van der Waals surface area (Å²) in [6.45, 7) is 7.24. The van der Waals surface area contributed by atoms with Crippen LogP contribution in [0.15, 0.2) is 30.3 Å². The molecule has 1 aromatic rings. The first-order chi connectivity index (χ1) is 13.4. The quantitative estimate of drug-likeness (QED) is 0.834. The van der Waals surface area contributed by atoms with Crippen molar-refractivity contribution in [3.8, 4) is 0 Å². The summed E-state index contributed by atoms with van der Waals surface area (Å²) in [6, 6.07) is 9.89. The molecule has 1 spiro atoms. The van der Waals surface area contributed by atoms with Gasteiger partial charge in [-0.15, -0.1) is 0 Å². The number of para-hydroxylation sites is 1. The third-order valence-electron chi connectivity index (χ3n) is 5.61. The van der Waals surface area contributed by atoms with Gasteiger partial charge in [-0.1, -0.05) is 25.1 Å². The number of nitrogens with zero attached hydrogens (tertiary/aromatic N) is 3. The molecule has 1 N–H and O–H groups in total.